The van der Waals surface area contributed by atoms with Gasteiger partial charge in [0.05, 0.1) is 0 Å². The van der Waals surface area contributed by atoms with Gasteiger partial charge in [-0.1, -0.05) is 159 Å². The van der Waals surface area contributed by atoms with Crippen molar-refractivity contribution in [2.75, 3.05) is 9.80 Å². The molecule has 0 amide bonds. The van der Waals surface area contributed by atoms with Crippen LogP contribution in [0.3, 0.4) is 0 Å². The van der Waals surface area contributed by atoms with Gasteiger partial charge in [-0.25, -0.2) is 0 Å². The van der Waals surface area contributed by atoms with E-state index < -0.39 is 0 Å². The third-order valence-corrected chi connectivity index (χ3v) is 39.5. The Bertz CT molecular complexity index is 5610. The minimum atomic E-state index is -0.193. The molecule has 23 unspecified atom stereocenters. The molecule has 0 heterocycles. The van der Waals surface area contributed by atoms with Gasteiger partial charge in [0.2, 0.25) is 0 Å². The molecule has 7 spiro atoms. The van der Waals surface area contributed by atoms with Crippen LogP contribution < -0.4 is 9.80 Å². The van der Waals surface area contributed by atoms with E-state index >= 15 is 0 Å². The van der Waals surface area contributed by atoms with Crippen LogP contribution in [0.5, 0.6) is 0 Å². The Morgan fingerprint density at radius 3 is 0.936 bits per heavy atom. The van der Waals surface area contributed by atoms with Gasteiger partial charge in [0.1, 0.15) is 0 Å². The second kappa shape index (κ2) is 19.6. The predicted octanol–water partition coefficient (Wildman–Crippen LogP) is 26.2. The van der Waals surface area contributed by atoms with Crippen molar-refractivity contribution in [2.45, 2.75) is 176 Å². The molecule has 109 heavy (non-hydrogen) atoms. The maximum atomic E-state index is 2.80. The molecule has 23 atom stereocenters. The van der Waals surface area contributed by atoms with E-state index in [9.17, 15) is 0 Å². The van der Waals surface area contributed by atoms with Crippen LogP contribution >= 0.6 is 0 Å². The Morgan fingerprint density at radius 1 is 0.266 bits per heavy atom. The lowest BCUT2D eigenvalue weighted by Gasteiger charge is -2.54. The summed E-state index contributed by atoms with van der Waals surface area (Å²) in [4.78, 5) is 5.54. The summed E-state index contributed by atoms with van der Waals surface area (Å²) in [6.07, 6.45) is 29.5. The maximum Gasteiger partial charge on any atom is 0.0465 e. The lowest BCUT2D eigenvalue weighted by molar-refractivity contribution is -0.0194. The van der Waals surface area contributed by atoms with Gasteiger partial charge >= 0.3 is 0 Å². The predicted molar refractivity (Wildman–Crippen MR) is 439 cm³/mol. The van der Waals surface area contributed by atoms with Crippen molar-refractivity contribution in [1.29, 1.82) is 0 Å². The summed E-state index contributed by atoms with van der Waals surface area (Å²) in [7, 11) is 0. The summed E-state index contributed by atoms with van der Waals surface area (Å²) in [5.41, 5.74) is 38.0. The van der Waals surface area contributed by atoms with Crippen LogP contribution in [0.4, 0.5) is 34.1 Å². The average molecular weight is 1410 g/mol. The van der Waals surface area contributed by atoms with Crippen molar-refractivity contribution < 1.29 is 0 Å². The third-order valence-electron chi connectivity index (χ3n) is 39.5. The molecule has 13 bridgehead atoms. The van der Waals surface area contributed by atoms with Crippen LogP contribution in [-0.4, -0.2) is 0 Å². The van der Waals surface area contributed by atoms with E-state index in [0.29, 0.717) is 16.2 Å². The average Bonchev–Trinajstić information content (AvgIpc) is 1.48. The van der Waals surface area contributed by atoms with Crippen LogP contribution in [0, 0.1) is 111 Å². The second-order valence-electron chi connectivity index (χ2n) is 41.5. The van der Waals surface area contributed by atoms with Gasteiger partial charge in [0.15, 0.2) is 0 Å². The van der Waals surface area contributed by atoms with E-state index in [1.807, 2.05) is 0 Å². The van der Waals surface area contributed by atoms with E-state index in [4.69, 9.17) is 0 Å². The molecule has 20 aliphatic rings. The summed E-state index contributed by atoms with van der Waals surface area (Å²) in [6, 6.07) is 91.7. The molecule has 16 fully saturated rings. The van der Waals surface area contributed by atoms with Crippen LogP contribution in [0.2, 0.25) is 0 Å². The molecule has 0 radical (unpaired) electrons. The van der Waals surface area contributed by atoms with Gasteiger partial charge in [-0.05, 0) is 419 Å². The van der Waals surface area contributed by atoms with Crippen molar-refractivity contribution in [1.82, 2.24) is 0 Å². The first kappa shape index (κ1) is 60.5. The first-order valence-electron chi connectivity index (χ1n) is 44.4. The molecule has 2 nitrogen and oxygen atoms in total. The molecule has 16 saturated carbocycles. The minimum Gasteiger partial charge on any atom is -0.310 e. The molecule has 0 saturated heterocycles. The molecule has 30 rings (SSSR count). The van der Waals surface area contributed by atoms with Crippen LogP contribution in [-0.2, 0) is 27.1 Å². The number of fused-ring (bicyclic) bond motifs is 30. The Labute approximate surface area is 645 Å². The molecule has 0 aromatic heterocycles. The summed E-state index contributed by atoms with van der Waals surface area (Å²) < 4.78 is 0. The first-order chi connectivity index (χ1) is 53.6. The molecule has 538 valence electrons. The van der Waals surface area contributed by atoms with E-state index in [1.54, 1.807) is 44.5 Å². The molecule has 10 aromatic rings. The first-order valence-corrected chi connectivity index (χ1v) is 44.4. The SMILES string of the molecule is CCC(CC)(c1ccc(N(c2ccc3c(c2)C2(c4ccccc4-3)C3CC4CC(C3)C2C4)c2ccc3c(c2)C2(c4ccccc4-3)C3CC4CC5CC2C5(C4)C3)cc1)c1ccc(N(c2ccc3c(c2)C2(c4ccccc4-3)C3CC4CC5CC2C5(C4)C3)c2ccc3c(c2)C2(c4ccccc4-3)C3CC4CC5CC2C5(C4)C3)cc1. The zero-order valence-corrected chi connectivity index (χ0v) is 63.8. The summed E-state index contributed by atoms with van der Waals surface area (Å²) in [5.74, 6) is 13.2. The summed E-state index contributed by atoms with van der Waals surface area (Å²) in [5, 5.41) is 0. The Balaban J connectivity index is 0.580. The summed E-state index contributed by atoms with van der Waals surface area (Å²) >= 11 is 0. The topological polar surface area (TPSA) is 6.48 Å². The highest BCUT2D eigenvalue weighted by Crippen LogP contribution is 2.87. The normalized spacial score (nSPS) is 40.0. The Hall–Kier alpha value is -8.20. The Morgan fingerprint density at radius 2 is 0.578 bits per heavy atom. The van der Waals surface area contributed by atoms with E-state index in [-0.39, 0.29) is 27.1 Å². The van der Waals surface area contributed by atoms with E-state index in [0.717, 1.165) is 108 Å². The maximum absolute atomic E-state index is 2.80. The van der Waals surface area contributed by atoms with Crippen molar-refractivity contribution in [3.8, 4) is 44.5 Å². The van der Waals surface area contributed by atoms with Gasteiger partial charge in [0.25, 0.3) is 0 Å². The quantitative estimate of drug-likeness (QED) is 0.135. The molecule has 20 aliphatic carbocycles. The van der Waals surface area contributed by atoms with Crippen molar-refractivity contribution >= 4 is 34.1 Å². The fourth-order valence-electron chi connectivity index (χ4n) is 36.9. The van der Waals surface area contributed by atoms with Gasteiger partial charge < -0.3 is 9.80 Å². The van der Waals surface area contributed by atoms with Crippen molar-refractivity contribution in [2.24, 2.45) is 111 Å². The number of benzene rings is 10. The highest BCUT2D eigenvalue weighted by Gasteiger charge is 2.80. The number of rotatable bonds is 10. The minimum absolute atomic E-state index is 0.0955. The highest BCUT2D eigenvalue weighted by molar-refractivity contribution is 5.93. The van der Waals surface area contributed by atoms with E-state index in [2.05, 4.69) is 242 Å². The largest absolute Gasteiger partial charge is 0.310 e. The standard InChI is InChI=1S/C107H100N2/c1-3-100(4-2,65-21-25-74(26-22-65)108(76-29-33-84-80-13-5-9-17-88(80)104(93(84)50-76)70-38-60-37-64(46-70)92(104)45-60)77-30-34-85-81-14-6-10-18-89(81)105(94(85)51-77)71-42-61-39-67-47-97(105)101(67,54-61)57-71)66-23-27-75(28-24-66)109(78-31-35-86-82-15-7-11-19-90(82)106(95(86)52-78)72-43-62-40-68-48-98(106)102(68,55-62)58-72)79-32-36-87-83-16-8-12-20-91(83)107(96(87)53-79)73-44-63-41-69-49-99(107)103(69,56-63)59-73/h5-36,50-53,60-64,67-73,92,97-99H,3-4,37-49,54-59H2,1-2H3. The third kappa shape index (κ3) is 6.48. The fraction of sp³-hybridized carbons (Fsp3) is 0.439. The van der Waals surface area contributed by atoms with Gasteiger partial charge in [0, 0.05) is 61.2 Å². The molecule has 0 aliphatic heterocycles. The van der Waals surface area contributed by atoms with Crippen molar-refractivity contribution in [3.63, 3.8) is 0 Å². The number of hydrogen-bond donors (Lipinski definition) is 0. The number of hydrogen-bond acceptors (Lipinski definition) is 2. The van der Waals surface area contributed by atoms with Gasteiger partial charge in [-0.3, -0.25) is 0 Å². The highest BCUT2D eigenvalue weighted by atomic mass is 15.2. The second-order valence-corrected chi connectivity index (χ2v) is 41.5. The zero-order chi connectivity index (χ0) is 70.6. The molecular formula is C107H100N2. The molecule has 0 N–H and O–H groups in total. The van der Waals surface area contributed by atoms with Crippen molar-refractivity contribution in [3.05, 3.63) is 274 Å². The lowest BCUT2D eigenvalue weighted by atomic mass is 9.49. The summed E-state index contributed by atoms with van der Waals surface area (Å²) in [6.45, 7) is 4.96. The Kier molecular flexibility index (Phi) is 10.9. The monoisotopic (exact) mass is 1410 g/mol. The smallest absolute Gasteiger partial charge is 0.0465 e. The molecule has 2 heteroatoms. The van der Waals surface area contributed by atoms with E-state index in [1.165, 1.54) is 212 Å². The number of nitrogens with zero attached hydrogens (tertiary/aromatic N) is 2. The zero-order valence-electron chi connectivity index (χ0n) is 63.8. The van der Waals surface area contributed by atoms with Gasteiger partial charge in [-0.2, -0.15) is 0 Å². The lowest BCUT2D eigenvalue weighted by Crippen LogP contribution is -2.50. The van der Waals surface area contributed by atoms with Gasteiger partial charge in [-0.15, -0.1) is 0 Å². The fourth-order valence-corrected chi connectivity index (χ4v) is 36.9. The van der Waals surface area contributed by atoms with Crippen LogP contribution in [0.15, 0.2) is 218 Å². The molecule has 10 aromatic carbocycles. The van der Waals surface area contributed by atoms with Crippen LogP contribution in [0.25, 0.3) is 44.5 Å². The van der Waals surface area contributed by atoms with Crippen LogP contribution in [0.1, 0.15) is 204 Å². The number of anilines is 6. The molecular weight excluding hydrogens is 1310 g/mol.